The van der Waals surface area contributed by atoms with E-state index in [-0.39, 0.29) is 0 Å². The van der Waals surface area contributed by atoms with Crippen molar-refractivity contribution in [2.75, 3.05) is 7.11 Å². The number of rotatable bonds is 5. The van der Waals surface area contributed by atoms with Crippen LogP contribution in [0.25, 0.3) is 0 Å². The first-order chi connectivity index (χ1) is 9.17. The van der Waals surface area contributed by atoms with Crippen molar-refractivity contribution in [2.24, 2.45) is 0 Å². The maximum Gasteiger partial charge on any atom is 0.125 e. The third-order valence-electron chi connectivity index (χ3n) is 2.81. The van der Waals surface area contributed by atoms with E-state index in [1.165, 1.54) is 25.3 Å². The molecule has 0 aliphatic rings. The lowest BCUT2D eigenvalue weighted by atomic mass is 10.0. The van der Waals surface area contributed by atoms with E-state index in [1.54, 1.807) is 0 Å². The van der Waals surface area contributed by atoms with Crippen LogP contribution in [0.5, 0.6) is 5.75 Å². The minimum absolute atomic E-state index is 0.394. The number of aliphatic hydroxyl groups is 1. The molecule has 1 heterocycles. The van der Waals surface area contributed by atoms with Gasteiger partial charge in [0.15, 0.2) is 0 Å². The number of benzene rings is 1. The summed E-state index contributed by atoms with van der Waals surface area (Å²) in [6.45, 7) is 2.03. The monoisotopic (exact) mass is 282 g/mol. The molecule has 1 aromatic carbocycles. The highest BCUT2D eigenvalue weighted by Gasteiger charge is 2.22. The average molecular weight is 282 g/mol. The minimum atomic E-state index is -0.966. The fraction of sp³-hybridized carbons (Fsp3) is 0.385. The van der Waals surface area contributed by atoms with Crippen LogP contribution in [0.2, 0.25) is 0 Å². The quantitative estimate of drug-likeness (QED) is 0.916. The molecule has 1 N–H and O–H groups in total. The molecular weight excluding hydrogens is 267 g/mol. The lowest BCUT2D eigenvalue weighted by molar-refractivity contribution is 0.216. The second-order valence-corrected chi connectivity index (χ2v) is 4.91. The summed E-state index contributed by atoms with van der Waals surface area (Å²) in [7, 11) is 1.49. The first-order valence-corrected chi connectivity index (χ1v) is 6.77. The predicted molar refractivity (Wildman–Crippen MR) is 70.9 cm³/mol. The predicted octanol–water partition coefficient (Wildman–Crippen LogP) is 2.72. The van der Waals surface area contributed by atoms with Crippen molar-refractivity contribution in [2.45, 2.75) is 25.9 Å². The van der Waals surface area contributed by atoms with Crippen LogP contribution in [-0.4, -0.2) is 21.8 Å². The maximum absolute atomic E-state index is 13.3. The molecule has 0 saturated carbocycles. The number of aliphatic hydroxyl groups excluding tert-OH is 1. The SMILES string of the molecule is CCCc1nnsc1C(O)c1cc(F)ccc1OC. The molecule has 4 nitrogen and oxygen atoms in total. The molecule has 1 aromatic heterocycles. The van der Waals surface area contributed by atoms with Gasteiger partial charge in [-0.05, 0) is 36.2 Å². The number of aryl methyl sites for hydroxylation is 1. The van der Waals surface area contributed by atoms with Crippen molar-refractivity contribution in [1.29, 1.82) is 0 Å². The summed E-state index contributed by atoms with van der Waals surface area (Å²) in [4.78, 5) is 0.644. The highest BCUT2D eigenvalue weighted by molar-refractivity contribution is 7.05. The maximum atomic E-state index is 13.3. The number of methoxy groups -OCH3 is 1. The van der Waals surface area contributed by atoms with Crippen molar-refractivity contribution in [3.63, 3.8) is 0 Å². The highest BCUT2D eigenvalue weighted by atomic mass is 32.1. The van der Waals surface area contributed by atoms with Crippen LogP contribution >= 0.6 is 11.5 Å². The van der Waals surface area contributed by atoms with Gasteiger partial charge in [-0.1, -0.05) is 17.8 Å². The molecule has 1 unspecified atom stereocenters. The molecular formula is C13H15FN2O2S. The summed E-state index contributed by atoms with van der Waals surface area (Å²) in [6, 6.07) is 4.08. The summed E-state index contributed by atoms with van der Waals surface area (Å²) >= 11 is 1.13. The fourth-order valence-electron chi connectivity index (χ4n) is 1.89. The number of hydrogen-bond donors (Lipinski definition) is 1. The topological polar surface area (TPSA) is 55.2 Å². The Morgan fingerprint density at radius 1 is 1.47 bits per heavy atom. The lowest BCUT2D eigenvalue weighted by Crippen LogP contribution is -2.04. The van der Waals surface area contributed by atoms with Crippen molar-refractivity contribution in [3.05, 3.63) is 40.2 Å². The molecule has 19 heavy (non-hydrogen) atoms. The van der Waals surface area contributed by atoms with Gasteiger partial charge in [-0.3, -0.25) is 0 Å². The van der Waals surface area contributed by atoms with Crippen LogP contribution in [0.3, 0.4) is 0 Å². The van der Waals surface area contributed by atoms with Crippen molar-refractivity contribution in [1.82, 2.24) is 9.59 Å². The molecule has 2 rings (SSSR count). The van der Waals surface area contributed by atoms with E-state index in [4.69, 9.17) is 4.74 Å². The molecule has 0 saturated heterocycles. The van der Waals surface area contributed by atoms with E-state index in [0.717, 1.165) is 30.1 Å². The third kappa shape index (κ3) is 2.90. The molecule has 2 aromatic rings. The Balaban J connectivity index is 2.40. The standard InChI is InChI=1S/C13H15FN2O2S/c1-3-4-10-13(19-16-15-10)12(17)9-7-8(14)5-6-11(9)18-2/h5-7,12,17H,3-4H2,1-2H3. The van der Waals surface area contributed by atoms with Gasteiger partial charge in [0.2, 0.25) is 0 Å². The van der Waals surface area contributed by atoms with E-state index < -0.39 is 11.9 Å². The first kappa shape index (κ1) is 13.9. The fourth-order valence-corrected chi connectivity index (χ4v) is 2.60. The summed E-state index contributed by atoms with van der Waals surface area (Å²) < 4.78 is 22.4. The number of hydrogen-bond acceptors (Lipinski definition) is 5. The second kappa shape index (κ2) is 6.08. The summed E-state index contributed by atoms with van der Waals surface area (Å²) in [6.07, 6.45) is 0.679. The number of nitrogens with zero attached hydrogens (tertiary/aromatic N) is 2. The van der Waals surface area contributed by atoms with Crippen molar-refractivity contribution < 1.29 is 14.2 Å². The van der Waals surface area contributed by atoms with Crippen LogP contribution in [0.4, 0.5) is 4.39 Å². The third-order valence-corrected chi connectivity index (χ3v) is 3.63. The van der Waals surface area contributed by atoms with Crippen LogP contribution in [0, 0.1) is 5.82 Å². The van der Waals surface area contributed by atoms with Gasteiger partial charge in [0.25, 0.3) is 0 Å². The Kier molecular flexibility index (Phi) is 4.44. The van der Waals surface area contributed by atoms with Gasteiger partial charge < -0.3 is 9.84 Å². The van der Waals surface area contributed by atoms with E-state index >= 15 is 0 Å². The highest BCUT2D eigenvalue weighted by Crippen LogP contribution is 2.33. The van der Waals surface area contributed by atoms with Crippen LogP contribution in [-0.2, 0) is 6.42 Å². The summed E-state index contributed by atoms with van der Waals surface area (Å²) in [5.74, 6) is 0.0362. The molecule has 0 spiro atoms. The zero-order valence-corrected chi connectivity index (χ0v) is 11.6. The van der Waals surface area contributed by atoms with E-state index in [2.05, 4.69) is 9.59 Å². The van der Waals surface area contributed by atoms with Crippen molar-refractivity contribution in [3.8, 4) is 5.75 Å². The van der Waals surface area contributed by atoms with Gasteiger partial charge in [0.05, 0.1) is 17.7 Å². The molecule has 0 amide bonds. The van der Waals surface area contributed by atoms with Gasteiger partial charge in [-0.25, -0.2) is 4.39 Å². The Bertz CT molecular complexity index is 559. The Morgan fingerprint density at radius 2 is 2.26 bits per heavy atom. The normalized spacial score (nSPS) is 12.4. The molecule has 0 aliphatic carbocycles. The molecule has 0 aliphatic heterocycles. The summed E-state index contributed by atoms with van der Waals surface area (Å²) in [5, 5.41) is 14.4. The Labute approximate surface area is 115 Å². The van der Waals surface area contributed by atoms with E-state index in [0.29, 0.717) is 16.2 Å². The van der Waals surface area contributed by atoms with Gasteiger partial charge >= 0.3 is 0 Å². The van der Waals surface area contributed by atoms with E-state index in [1.807, 2.05) is 6.92 Å². The first-order valence-electron chi connectivity index (χ1n) is 6.00. The molecule has 102 valence electrons. The largest absolute Gasteiger partial charge is 0.496 e. The molecule has 0 radical (unpaired) electrons. The number of halogens is 1. The zero-order chi connectivity index (χ0) is 13.8. The second-order valence-electron chi connectivity index (χ2n) is 4.12. The zero-order valence-electron chi connectivity index (χ0n) is 10.8. The molecule has 1 atom stereocenters. The minimum Gasteiger partial charge on any atom is -0.496 e. The van der Waals surface area contributed by atoms with Crippen LogP contribution in [0.1, 0.15) is 35.6 Å². The van der Waals surface area contributed by atoms with Gasteiger partial charge in [-0.2, -0.15) is 0 Å². The van der Waals surface area contributed by atoms with Gasteiger partial charge in [0.1, 0.15) is 17.7 Å². The van der Waals surface area contributed by atoms with Crippen molar-refractivity contribution >= 4 is 11.5 Å². The van der Waals surface area contributed by atoms with E-state index in [9.17, 15) is 9.50 Å². The molecule has 6 heteroatoms. The summed E-state index contributed by atoms with van der Waals surface area (Å²) in [5.41, 5.74) is 1.15. The number of ether oxygens (including phenoxy) is 1. The Morgan fingerprint density at radius 3 is 2.95 bits per heavy atom. The van der Waals surface area contributed by atoms with Crippen LogP contribution < -0.4 is 4.74 Å². The number of aromatic nitrogens is 2. The van der Waals surface area contributed by atoms with Crippen LogP contribution in [0.15, 0.2) is 18.2 Å². The molecule has 0 fully saturated rings. The Hall–Kier alpha value is -1.53. The van der Waals surface area contributed by atoms with Gasteiger partial charge in [-0.15, -0.1) is 5.10 Å². The van der Waals surface area contributed by atoms with Gasteiger partial charge in [0, 0.05) is 5.56 Å². The molecule has 0 bridgehead atoms. The average Bonchev–Trinajstić information content (AvgIpc) is 2.86. The smallest absolute Gasteiger partial charge is 0.125 e. The lowest BCUT2D eigenvalue weighted by Gasteiger charge is -2.14.